The smallest absolute Gasteiger partial charge is 0.300 e. The van der Waals surface area contributed by atoms with Crippen molar-refractivity contribution in [3.63, 3.8) is 0 Å². The Morgan fingerprint density at radius 2 is 1.59 bits per heavy atom. The third-order valence-corrected chi connectivity index (χ3v) is 6.33. The second-order valence-electron chi connectivity index (χ2n) is 9.09. The molecule has 0 radical (unpaired) electrons. The molecule has 37 heavy (non-hydrogen) atoms. The molecule has 0 aliphatic carbocycles. The molecule has 6 nitrogen and oxygen atoms in total. The Bertz CT molecular complexity index is 1570. The quantitative estimate of drug-likeness (QED) is 0.207. The van der Waals surface area contributed by atoms with Crippen molar-refractivity contribution in [2.75, 3.05) is 4.90 Å². The fourth-order valence-electron chi connectivity index (χ4n) is 4.69. The van der Waals surface area contributed by atoms with Gasteiger partial charge in [-0.1, -0.05) is 54.6 Å². The molecule has 1 saturated heterocycles. The molecule has 0 saturated carbocycles. The van der Waals surface area contributed by atoms with Gasteiger partial charge in [0.05, 0.1) is 29.4 Å². The van der Waals surface area contributed by atoms with Gasteiger partial charge >= 0.3 is 0 Å². The highest BCUT2D eigenvalue weighted by atomic mass is 16.5. The minimum atomic E-state index is -0.875. The number of amides is 1. The minimum Gasteiger partial charge on any atom is -0.507 e. The number of hydrogen-bond acceptors (Lipinski definition) is 5. The lowest BCUT2D eigenvalue weighted by Gasteiger charge is -2.26. The van der Waals surface area contributed by atoms with Crippen LogP contribution < -0.4 is 9.64 Å². The van der Waals surface area contributed by atoms with Gasteiger partial charge < -0.3 is 9.84 Å². The number of rotatable bonds is 5. The Labute approximate surface area is 214 Å². The van der Waals surface area contributed by atoms with Crippen molar-refractivity contribution >= 4 is 33.9 Å². The number of nitrogens with zero attached hydrogens (tertiary/aromatic N) is 2. The highest BCUT2D eigenvalue weighted by Gasteiger charge is 2.47. The summed E-state index contributed by atoms with van der Waals surface area (Å²) in [5.74, 6) is -1.11. The molecule has 1 unspecified atom stereocenters. The number of anilines is 1. The molecular weight excluding hydrogens is 464 g/mol. The van der Waals surface area contributed by atoms with Gasteiger partial charge in [0.25, 0.3) is 11.7 Å². The van der Waals surface area contributed by atoms with E-state index in [9.17, 15) is 20.0 Å². The van der Waals surface area contributed by atoms with Crippen LogP contribution in [-0.4, -0.2) is 22.9 Å². The number of hydrogen-bond donors (Lipinski definition) is 1. The maximum Gasteiger partial charge on any atom is 0.300 e. The first-order valence-electron chi connectivity index (χ1n) is 11.9. The van der Waals surface area contributed by atoms with Gasteiger partial charge in [-0.3, -0.25) is 14.5 Å². The number of carbonyl (C=O) groups excluding carboxylic acids is 2. The third-order valence-electron chi connectivity index (χ3n) is 6.33. The van der Waals surface area contributed by atoms with Crippen molar-refractivity contribution < 1.29 is 19.4 Å². The molecule has 0 aromatic heterocycles. The van der Waals surface area contributed by atoms with E-state index in [4.69, 9.17) is 4.74 Å². The van der Waals surface area contributed by atoms with Crippen molar-refractivity contribution in [3.8, 4) is 11.8 Å². The fraction of sp³-hybridized carbons (Fsp3) is 0.129. The largest absolute Gasteiger partial charge is 0.507 e. The van der Waals surface area contributed by atoms with Crippen LogP contribution in [0.15, 0.2) is 96.6 Å². The predicted molar refractivity (Wildman–Crippen MR) is 142 cm³/mol. The van der Waals surface area contributed by atoms with E-state index in [0.29, 0.717) is 28.1 Å². The number of aliphatic hydroxyl groups is 1. The molecule has 4 aromatic rings. The van der Waals surface area contributed by atoms with E-state index in [-0.39, 0.29) is 17.4 Å². The Hall–Kier alpha value is -4.89. The molecule has 1 fully saturated rings. The first-order valence-corrected chi connectivity index (χ1v) is 11.9. The van der Waals surface area contributed by atoms with Crippen LogP contribution >= 0.6 is 0 Å². The summed E-state index contributed by atoms with van der Waals surface area (Å²) < 4.78 is 5.76. The molecule has 4 aromatic carbocycles. The van der Waals surface area contributed by atoms with Crippen LogP contribution in [0.1, 0.15) is 36.6 Å². The van der Waals surface area contributed by atoms with Gasteiger partial charge in [0.1, 0.15) is 11.5 Å². The molecule has 1 N–H and O–H groups in total. The first-order chi connectivity index (χ1) is 17.9. The van der Waals surface area contributed by atoms with E-state index in [1.54, 1.807) is 60.7 Å². The summed E-state index contributed by atoms with van der Waals surface area (Å²) in [5.41, 5.74) is 2.00. The molecule has 5 rings (SSSR count). The van der Waals surface area contributed by atoms with Crippen LogP contribution in [0.2, 0.25) is 0 Å². The fourth-order valence-corrected chi connectivity index (χ4v) is 4.69. The van der Waals surface area contributed by atoms with Crippen molar-refractivity contribution in [2.45, 2.75) is 26.0 Å². The van der Waals surface area contributed by atoms with Gasteiger partial charge in [-0.2, -0.15) is 5.26 Å². The molecule has 182 valence electrons. The molecule has 1 amide bonds. The van der Waals surface area contributed by atoms with Gasteiger partial charge in [0.2, 0.25) is 0 Å². The number of aliphatic hydroxyl groups excluding tert-OH is 1. The molecule has 0 spiro atoms. The summed E-state index contributed by atoms with van der Waals surface area (Å²) in [6.07, 6.45) is -0.0125. The van der Waals surface area contributed by atoms with Gasteiger partial charge in [-0.15, -0.1) is 0 Å². The van der Waals surface area contributed by atoms with E-state index >= 15 is 0 Å². The Kier molecular flexibility index (Phi) is 6.21. The number of nitriles is 1. The lowest BCUT2D eigenvalue weighted by atomic mass is 9.93. The number of fused-ring (bicyclic) bond motifs is 1. The zero-order chi connectivity index (χ0) is 26.1. The molecule has 1 aliphatic rings. The number of ether oxygens (including phenoxy) is 1. The van der Waals surface area contributed by atoms with E-state index in [1.807, 2.05) is 44.2 Å². The Morgan fingerprint density at radius 1 is 0.919 bits per heavy atom. The van der Waals surface area contributed by atoms with Crippen LogP contribution in [0.4, 0.5) is 5.69 Å². The van der Waals surface area contributed by atoms with Crippen molar-refractivity contribution in [2.24, 2.45) is 0 Å². The maximum absolute atomic E-state index is 13.5. The van der Waals surface area contributed by atoms with Crippen molar-refractivity contribution in [1.29, 1.82) is 5.26 Å². The second-order valence-corrected chi connectivity index (χ2v) is 9.09. The van der Waals surface area contributed by atoms with Gasteiger partial charge in [-0.25, -0.2) is 0 Å². The van der Waals surface area contributed by atoms with Gasteiger partial charge in [0.15, 0.2) is 0 Å². The standard InChI is InChI=1S/C31H24N2O4/c1-19(2)37-24-16-12-22(13-17-24)28-27(29(34)26-9-5-7-21-6-3-4-8-25(21)26)30(35)31(36)33(28)23-14-10-20(18-32)11-15-23/h3-17,19,28,34H,1-2H3/b29-27-. The summed E-state index contributed by atoms with van der Waals surface area (Å²) in [7, 11) is 0. The summed E-state index contributed by atoms with van der Waals surface area (Å²) >= 11 is 0. The summed E-state index contributed by atoms with van der Waals surface area (Å²) in [5, 5.41) is 22.4. The lowest BCUT2D eigenvalue weighted by molar-refractivity contribution is -0.132. The van der Waals surface area contributed by atoms with Crippen LogP contribution in [0, 0.1) is 11.3 Å². The summed E-state index contributed by atoms with van der Waals surface area (Å²) in [6, 6.07) is 27.8. The summed E-state index contributed by atoms with van der Waals surface area (Å²) in [6.45, 7) is 3.86. The first kappa shape index (κ1) is 23.8. The van der Waals surface area contributed by atoms with Crippen LogP contribution in [0.25, 0.3) is 16.5 Å². The van der Waals surface area contributed by atoms with Crippen molar-refractivity contribution in [1.82, 2.24) is 0 Å². The Balaban J connectivity index is 1.71. The lowest BCUT2D eigenvalue weighted by Crippen LogP contribution is -2.29. The zero-order valence-corrected chi connectivity index (χ0v) is 20.4. The number of Topliss-reactive ketones (excluding diaryl/α,β-unsaturated/α-hetero) is 1. The maximum atomic E-state index is 13.5. The van der Waals surface area contributed by atoms with Gasteiger partial charge in [-0.05, 0) is 66.6 Å². The molecular formula is C31H24N2O4. The van der Waals surface area contributed by atoms with E-state index in [0.717, 1.165) is 10.8 Å². The Morgan fingerprint density at radius 3 is 2.27 bits per heavy atom. The molecule has 6 heteroatoms. The molecule has 1 aliphatic heterocycles. The monoisotopic (exact) mass is 488 g/mol. The van der Waals surface area contributed by atoms with Crippen LogP contribution in [-0.2, 0) is 9.59 Å². The molecule has 0 bridgehead atoms. The SMILES string of the molecule is CC(C)Oc1ccc(C2/C(=C(/O)c3cccc4ccccc34)C(=O)C(=O)N2c2ccc(C#N)cc2)cc1. The topological polar surface area (TPSA) is 90.6 Å². The minimum absolute atomic E-state index is 0.00300. The zero-order valence-electron chi connectivity index (χ0n) is 20.4. The van der Waals surface area contributed by atoms with Crippen LogP contribution in [0.5, 0.6) is 5.75 Å². The second kappa shape index (κ2) is 9.63. The van der Waals surface area contributed by atoms with Crippen LogP contribution in [0.3, 0.4) is 0 Å². The predicted octanol–water partition coefficient (Wildman–Crippen LogP) is 6.12. The average Bonchev–Trinajstić information content (AvgIpc) is 3.18. The molecule has 1 heterocycles. The number of carbonyl (C=O) groups is 2. The van der Waals surface area contributed by atoms with E-state index in [1.165, 1.54) is 4.90 Å². The average molecular weight is 489 g/mol. The van der Waals surface area contributed by atoms with E-state index < -0.39 is 17.7 Å². The van der Waals surface area contributed by atoms with Crippen molar-refractivity contribution in [3.05, 3.63) is 113 Å². The molecule has 1 atom stereocenters. The highest BCUT2D eigenvalue weighted by molar-refractivity contribution is 6.51. The highest BCUT2D eigenvalue weighted by Crippen LogP contribution is 2.43. The normalized spacial score (nSPS) is 16.8. The number of benzene rings is 4. The number of ketones is 1. The van der Waals surface area contributed by atoms with E-state index in [2.05, 4.69) is 6.07 Å². The summed E-state index contributed by atoms with van der Waals surface area (Å²) in [4.78, 5) is 28.3. The van der Waals surface area contributed by atoms with Gasteiger partial charge in [0, 0.05) is 11.3 Å². The third kappa shape index (κ3) is 4.32.